The van der Waals surface area contributed by atoms with Crippen LogP contribution in [0.3, 0.4) is 0 Å². The Hall–Kier alpha value is -3.75. The van der Waals surface area contributed by atoms with Crippen molar-refractivity contribution in [3.05, 3.63) is 95.3 Å². The number of anilines is 1. The lowest BCUT2D eigenvalue weighted by Gasteiger charge is -2.38. The topological polar surface area (TPSA) is 74.9 Å². The Labute approximate surface area is 207 Å². The molecule has 8 heteroatoms. The second-order valence-corrected chi connectivity index (χ2v) is 9.09. The molecule has 2 N–H and O–H groups in total. The lowest BCUT2D eigenvalue weighted by atomic mass is 9.84. The Bertz CT molecular complexity index is 1390. The minimum absolute atomic E-state index is 0.164. The number of furan rings is 1. The van der Waals surface area contributed by atoms with Gasteiger partial charge in [0.25, 0.3) is 5.91 Å². The van der Waals surface area contributed by atoms with Gasteiger partial charge in [0.1, 0.15) is 23.0 Å². The first-order chi connectivity index (χ1) is 17.3. The number of rotatable bonds is 6. The summed E-state index contributed by atoms with van der Waals surface area (Å²) in [6.07, 6.45) is 0.885. The van der Waals surface area contributed by atoms with Gasteiger partial charge in [-0.3, -0.25) is 9.69 Å². The number of ether oxygens (including phenoxy) is 1. The number of aliphatic hydroxyl groups is 1. The van der Waals surface area contributed by atoms with Gasteiger partial charge in [0.15, 0.2) is 5.76 Å². The van der Waals surface area contributed by atoms with Crippen LogP contribution in [0, 0.1) is 11.6 Å². The monoisotopic (exact) mass is 492 g/mol. The molecule has 186 valence electrons. The third-order valence-electron chi connectivity index (χ3n) is 6.71. The number of carbonyl (C=O) groups excluding carboxylic acids is 1. The van der Waals surface area contributed by atoms with Crippen LogP contribution in [-0.4, -0.2) is 36.1 Å². The van der Waals surface area contributed by atoms with Gasteiger partial charge in [0, 0.05) is 36.3 Å². The number of fused-ring (bicyclic) bond motifs is 1. The lowest BCUT2D eigenvalue weighted by Crippen LogP contribution is -2.42. The maximum atomic E-state index is 14.0. The zero-order valence-corrected chi connectivity index (χ0v) is 19.8. The van der Waals surface area contributed by atoms with Gasteiger partial charge >= 0.3 is 0 Å². The fourth-order valence-electron chi connectivity index (χ4n) is 4.59. The summed E-state index contributed by atoms with van der Waals surface area (Å²) in [5.41, 5.74) is 1.13. The Balaban J connectivity index is 1.27. The molecule has 2 heterocycles. The minimum Gasteiger partial charge on any atom is -0.497 e. The number of likely N-dealkylation sites (tertiary alicyclic amines) is 1. The average Bonchev–Trinajstić information content (AvgIpc) is 3.32. The van der Waals surface area contributed by atoms with Gasteiger partial charge in [-0.1, -0.05) is 6.07 Å². The smallest absolute Gasteiger partial charge is 0.291 e. The van der Waals surface area contributed by atoms with Gasteiger partial charge in [0.2, 0.25) is 0 Å². The zero-order chi connectivity index (χ0) is 25.3. The van der Waals surface area contributed by atoms with E-state index in [1.807, 2.05) is 11.0 Å². The third kappa shape index (κ3) is 4.96. The Morgan fingerprint density at radius 1 is 1.06 bits per heavy atom. The number of piperidine rings is 1. The van der Waals surface area contributed by atoms with Gasteiger partial charge in [-0.15, -0.1) is 0 Å². The van der Waals surface area contributed by atoms with Crippen LogP contribution in [0.15, 0.2) is 71.1 Å². The Morgan fingerprint density at radius 3 is 2.53 bits per heavy atom. The van der Waals surface area contributed by atoms with Crippen molar-refractivity contribution in [2.75, 3.05) is 25.5 Å². The highest BCUT2D eigenvalue weighted by Crippen LogP contribution is 2.35. The number of carbonyl (C=O) groups is 1. The first-order valence-electron chi connectivity index (χ1n) is 11.7. The van der Waals surface area contributed by atoms with E-state index in [0.29, 0.717) is 53.9 Å². The maximum absolute atomic E-state index is 14.0. The lowest BCUT2D eigenvalue weighted by molar-refractivity contribution is -0.0278. The van der Waals surface area contributed by atoms with Crippen molar-refractivity contribution in [1.29, 1.82) is 0 Å². The normalized spacial score (nSPS) is 15.7. The van der Waals surface area contributed by atoms with Gasteiger partial charge in [-0.2, -0.15) is 0 Å². The van der Waals surface area contributed by atoms with Gasteiger partial charge in [0.05, 0.1) is 12.7 Å². The summed E-state index contributed by atoms with van der Waals surface area (Å²) in [6, 6.07) is 17.5. The van der Waals surface area contributed by atoms with Crippen LogP contribution >= 0.6 is 0 Å². The van der Waals surface area contributed by atoms with Gasteiger partial charge in [-0.25, -0.2) is 8.78 Å². The second-order valence-electron chi connectivity index (χ2n) is 9.09. The first kappa shape index (κ1) is 24.0. The molecule has 0 unspecified atom stereocenters. The molecule has 0 radical (unpaired) electrons. The van der Waals surface area contributed by atoms with Gasteiger partial charge in [-0.05, 0) is 79.1 Å². The number of methoxy groups -OCH3 is 1. The van der Waals surface area contributed by atoms with Crippen LogP contribution in [0.4, 0.5) is 14.5 Å². The fraction of sp³-hybridized carbons (Fsp3) is 0.250. The molecule has 1 aliphatic rings. The summed E-state index contributed by atoms with van der Waals surface area (Å²) < 4.78 is 38.4. The molecule has 0 saturated carbocycles. The average molecular weight is 493 g/mol. The molecule has 4 aromatic rings. The molecule has 0 atom stereocenters. The maximum Gasteiger partial charge on any atom is 0.291 e. The number of hydrogen-bond acceptors (Lipinski definition) is 5. The summed E-state index contributed by atoms with van der Waals surface area (Å²) in [7, 11) is 1.57. The van der Waals surface area contributed by atoms with Crippen molar-refractivity contribution < 1.29 is 27.8 Å². The third-order valence-corrected chi connectivity index (χ3v) is 6.71. The highest BCUT2D eigenvalue weighted by molar-refractivity contribution is 6.04. The molecule has 1 saturated heterocycles. The molecular weight excluding hydrogens is 466 g/mol. The van der Waals surface area contributed by atoms with Crippen molar-refractivity contribution in [3.8, 4) is 5.75 Å². The van der Waals surface area contributed by atoms with Crippen LogP contribution in [0.2, 0.25) is 0 Å². The predicted molar refractivity (Wildman–Crippen MR) is 132 cm³/mol. The SMILES string of the molecule is COc1ccc(NC(=O)c2cc3cc(C4(O)CCN(Cc5cc(F)ccc5F)CC4)ccc3o2)cc1. The van der Waals surface area contributed by atoms with Crippen LogP contribution in [0.25, 0.3) is 11.0 Å². The zero-order valence-electron chi connectivity index (χ0n) is 19.8. The molecule has 0 aliphatic carbocycles. The summed E-state index contributed by atoms with van der Waals surface area (Å²) in [5, 5.41) is 14.9. The van der Waals surface area contributed by atoms with E-state index in [9.17, 15) is 18.7 Å². The summed E-state index contributed by atoms with van der Waals surface area (Å²) in [6.45, 7) is 1.35. The van der Waals surface area contributed by atoms with Crippen LogP contribution in [-0.2, 0) is 12.1 Å². The summed E-state index contributed by atoms with van der Waals surface area (Å²) in [4.78, 5) is 14.7. The number of amides is 1. The number of hydrogen-bond donors (Lipinski definition) is 2. The first-order valence-corrected chi connectivity index (χ1v) is 11.7. The van der Waals surface area contributed by atoms with E-state index in [1.165, 1.54) is 6.07 Å². The van der Waals surface area contributed by atoms with Crippen molar-refractivity contribution in [2.24, 2.45) is 0 Å². The number of halogens is 2. The Kier molecular flexibility index (Phi) is 6.47. The Morgan fingerprint density at radius 2 is 1.81 bits per heavy atom. The van der Waals surface area contributed by atoms with E-state index in [2.05, 4.69) is 5.32 Å². The summed E-state index contributed by atoms with van der Waals surface area (Å²) in [5.74, 6) is -0.430. The molecule has 5 rings (SSSR count). The van der Waals surface area contributed by atoms with E-state index in [0.717, 1.165) is 17.7 Å². The molecular formula is C28H26F2N2O4. The molecule has 1 fully saturated rings. The minimum atomic E-state index is -1.06. The van der Waals surface area contributed by atoms with E-state index < -0.39 is 17.2 Å². The number of nitrogens with one attached hydrogen (secondary N) is 1. The van der Waals surface area contributed by atoms with Crippen molar-refractivity contribution in [3.63, 3.8) is 0 Å². The van der Waals surface area contributed by atoms with Crippen LogP contribution in [0.1, 0.15) is 34.5 Å². The predicted octanol–water partition coefficient (Wildman–Crippen LogP) is 5.46. The molecule has 3 aromatic carbocycles. The van der Waals surface area contributed by atoms with Crippen molar-refractivity contribution in [2.45, 2.75) is 25.0 Å². The van der Waals surface area contributed by atoms with E-state index in [-0.39, 0.29) is 18.2 Å². The second kappa shape index (κ2) is 9.72. The summed E-state index contributed by atoms with van der Waals surface area (Å²) >= 11 is 0. The van der Waals surface area contributed by atoms with E-state index in [4.69, 9.17) is 9.15 Å². The fourth-order valence-corrected chi connectivity index (χ4v) is 4.59. The molecule has 0 bridgehead atoms. The highest BCUT2D eigenvalue weighted by atomic mass is 19.1. The molecule has 6 nitrogen and oxygen atoms in total. The molecule has 0 spiro atoms. The number of nitrogens with zero attached hydrogens (tertiary/aromatic N) is 1. The van der Waals surface area contributed by atoms with Gasteiger partial charge < -0.3 is 19.6 Å². The quantitative estimate of drug-likeness (QED) is 0.374. The molecule has 1 aliphatic heterocycles. The molecule has 1 amide bonds. The molecule has 36 heavy (non-hydrogen) atoms. The van der Waals surface area contributed by atoms with Crippen molar-refractivity contribution >= 4 is 22.6 Å². The van der Waals surface area contributed by atoms with E-state index in [1.54, 1.807) is 49.6 Å². The largest absolute Gasteiger partial charge is 0.497 e. The standard InChI is InChI=1S/C28H26F2N2O4/c1-35-23-6-4-22(5-7-23)31-27(33)26-16-18-14-20(2-9-25(18)36-26)28(34)10-12-32(13-11-28)17-19-15-21(29)3-8-24(19)30/h2-9,14-16,34H,10-13,17H2,1H3,(H,31,33). The van der Waals surface area contributed by atoms with Crippen molar-refractivity contribution in [1.82, 2.24) is 4.90 Å². The highest BCUT2D eigenvalue weighted by Gasteiger charge is 2.34. The van der Waals surface area contributed by atoms with Crippen LogP contribution < -0.4 is 10.1 Å². The van der Waals surface area contributed by atoms with E-state index >= 15 is 0 Å². The molecule has 1 aromatic heterocycles. The number of benzene rings is 3. The van der Waals surface area contributed by atoms with Crippen LogP contribution in [0.5, 0.6) is 5.75 Å².